The van der Waals surface area contributed by atoms with Gasteiger partial charge in [0, 0.05) is 23.5 Å². The lowest BCUT2D eigenvalue weighted by Crippen LogP contribution is -2.58. The van der Waals surface area contributed by atoms with Crippen molar-refractivity contribution >= 4 is 58.1 Å². The number of para-hydroxylation sites is 1. The number of nitrogens with two attached hydrogens (primary N) is 1. The second-order valence-corrected chi connectivity index (χ2v) is 10.4. The molecule has 4 unspecified atom stereocenters. The Balaban J connectivity index is 2.25. The summed E-state index contributed by atoms with van der Waals surface area (Å²) in [6.45, 7) is -0.599. The number of hydrogen-bond donors (Lipinski definition) is 7. The van der Waals surface area contributed by atoms with Crippen LogP contribution in [0.15, 0.2) is 30.5 Å². The first kappa shape index (κ1) is 30.5. The normalized spacial score (nSPS) is 14.4. The summed E-state index contributed by atoms with van der Waals surface area (Å²) in [5, 5.41) is 27.4. The van der Waals surface area contributed by atoms with Gasteiger partial charge >= 0.3 is 5.97 Å². The largest absolute Gasteiger partial charge is 0.480 e. The number of H-pyrrole nitrogens is 1. The number of benzene rings is 1. The molecule has 0 aliphatic rings. The predicted octanol–water partition coefficient (Wildman–Crippen LogP) is 0.0752. The third-order valence-corrected chi connectivity index (χ3v) is 7.02. The fourth-order valence-electron chi connectivity index (χ4n) is 3.63. The number of thioether (sulfide) groups is 2. The fraction of sp³-hybridized carbons (Fsp3) is 0.500. The first-order chi connectivity index (χ1) is 17.7. The summed E-state index contributed by atoms with van der Waals surface area (Å²) in [6, 6.07) is 3.07. The van der Waals surface area contributed by atoms with Crippen LogP contribution < -0.4 is 21.7 Å². The third-order valence-electron chi connectivity index (χ3n) is 5.73. The molecule has 0 fully saturated rings. The van der Waals surface area contributed by atoms with E-state index in [1.807, 2.05) is 36.8 Å². The molecule has 204 valence electrons. The molecule has 1 heterocycles. The molecule has 2 rings (SSSR count). The number of aromatic nitrogens is 1. The van der Waals surface area contributed by atoms with Crippen molar-refractivity contribution in [2.24, 2.45) is 5.73 Å². The van der Waals surface area contributed by atoms with Crippen molar-refractivity contribution in [1.82, 2.24) is 20.9 Å². The van der Waals surface area contributed by atoms with Crippen LogP contribution in [0.5, 0.6) is 0 Å². The van der Waals surface area contributed by atoms with E-state index in [2.05, 4.69) is 20.9 Å². The lowest BCUT2D eigenvalue weighted by atomic mass is 10.0. The standard InChI is InChI=1S/C24H35N5O6S2/c1-36-9-7-18(22(32)28-19(24(34)35)8-10-37-2)27-23(33)20(29-21(31)16(25)13-30)11-14-12-26-17-6-4-3-5-15(14)17/h3-6,12,16,18-20,26,30H,7-11,13,25H2,1-2H3,(H,27,33)(H,28,32)(H,29,31)(H,34,35). The van der Waals surface area contributed by atoms with Gasteiger partial charge in [0.05, 0.1) is 6.61 Å². The number of carbonyl (C=O) groups excluding carboxylic acids is 3. The Morgan fingerprint density at radius 3 is 2.11 bits per heavy atom. The molecule has 2 aromatic rings. The van der Waals surface area contributed by atoms with E-state index in [1.54, 1.807) is 6.20 Å². The number of rotatable bonds is 16. The van der Waals surface area contributed by atoms with Gasteiger partial charge in [0.1, 0.15) is 24.2 Å². The van der Waals surface area contributed by atoms with Gasteiger partial charge in [0.15, 0.2) is 0 Å². The Morgan fingerprint density at radius 2 is 1.49 bits per heavy atom. The molecule has 0 bridgehead atoms. The van der Waals surface area contributed by atoms with Crippen molar-refractivity contribution in [3.8, 4) is 0 Å². The summed E-state index contributed by atoms with van der Waals surface area (Å²) in [5.41, 5.74) is 7.27. The van der Waals surface area contributed by atoms with Crippen molar-refractivity contribution in [2.45, 2.75) is 43.4 Å². The molecule has 0 saturated heterocycles. The fourth-order valence-corrected chi connectivity index (χ4v) is 4.58. The summed E-state index contributed by atoms with van der Waals surface area (Å²) in [4.78, 5) is 53.6. The highest BCUT2D eigenvalue weighted by Crippen LogP contribution is 2.19. The molecule has 13 heteroatoms. The maximum absolute atomic E-state index is 13.4. The van der Waals surface area contributed by atoms with Crippen molar-refractivity contribution in [3.63, 3.8) is 0 Å². The highest BCUT2D eigenvalue weighted by molar-refractivity contribution is 7.98. The van der Waals surface area contributed by atoms with Gasteiger partial charge in [0.25, 0.3) is 0 Å². The monoisotopic (exact) mass is 553 g/mol. The number of aliphatic hydroxyl groups excluding tert-OH is 1. The van der Waals surface area contributed by atoms with Gasteiger partial charge in [-0.15, -0.1) is 0 Å². The second-order valence-electron chi connectivity index (χ2n) is 8.44. The molecule has 0 spiro atoms. The molecule has 11 nitrogen and oxygen atoms in total. The number of carboxylic acids is 1. The number of fused-ring (bicyclic) bond motifs is 1. The summed E-state index contributed by atoms with van der Waals surface area (Å²) >= 11 is 2.94. The molecule has 1 aromatic carbocycles. The van der Waals surface area contributed by atoms with E-state index in [1.165, 1.54) is 23.5 Å². The molecule has 1 aromatic heterocycles. The Labute approximate surface area is 224 Å². The summed E-state index contributed by atoms with van der Waals surface area (Å²) < 4.78 is 0. The van der Waals surface area contributed by atoms with Crippen LogP contribution >= 0.6 is 23.5 Å². The average Bonchev–Trinajstić information content (AvgIpc) is 3.30. The van der Waals surface area contributed by atoms with E-state index < -0.39 is 54.5 Å². The molecule has 0 aliphatic heterocycles. The SMILES string of the molecule is CSCCC(NC(=O)C(CCSC)NC(=O)C(Cc1c[nH]c2ccccc12)NC(=O)C(N)CO)C(=O)O. The average molecular weight is 554 g/mol. The topological polar surface area (TPSA) is 187 Å². The minimum atomic E-state index is -1.22. The highest BCUT2D eigenvalue weighted by atomic mass is 32.2. The highest BCUT2D eigenvalue weighted by Gasteiger charge is 2.30. The molecule has 8 N–H and O–H groups in total. The molecular weight excluding hydrogens is 518 g/mol. The Bertz CT molecular complexity index is 1070. The van der Waals surface area contributed by atoms with Crippen LogP contribution in [0.1, 0.15) is 18.4 Å². The van der Waals surface area contributed by atoms with Gasteiger partial charge in [-0.05, 0) is 48.5 Å². The van der Waals surface area contributed by atoms with E-state index in [0.29, 0.717) is 11.5 Å². The van der Waals surface area contributed by atoms with Crippen LogP contribution in [0, 0.1) is 0 Å². The minimum absolute atomic E-state index is 0.0993. The quantitative estimate of drug-likeness (QED) is 0.151. The van der Waals surface area contributed by atoms with Crippen LogP contribution in [0.3, 0.4) is 0 Å². The Hall–Kier alpha value is -2.74. The van der Waals surface area contributed by atoms with E-state index >= 15 is 0 Å². The van der Waals surface area contributed by atoms with Crippen molar-refractivity contribution in [1.29, 1.82) is 0 Å². The van der Waals surface area contributed by atoms with E-state index in [0.717, 1.165) is 16.5 Å². The number of carbonyl (C=O) groups is 4. The van der Waals surface area contributed by atoms with Crippen molar-refractivity contribution < 1.29 is 29.4 Å². The lowest BCUT2D eigenvalue weighted by Gasteiger charge is -2.25. The zero-order valence-corrected chi connectivity index (χ0v) is 22.5. The van der Waals surface area contributed by atoms with Crippen LogP contribution in [0.4, 0.5) is 0 Å². The smallest absolute Gasteiger partial charge is 0.326 e. The summed E-state index contributed by atoms with van der Waals surface area (Å²) in [7, 11) is 0. The minimum Gasteiger partial charge on any atom is -0.480 e. The number of nitrogens with one attached hydrogen (secondary N) is 4. The molecule has 0 aliphatic carbocycles. The first-order valence-electron chi connectivity index (χ1n) is 11.7. The number of carboxylic acid groups (broad SMARTS) is 1. The zero-order chi connectivity index (χ0) is 27.4. The second kappa shape index (κ2) is 15.5. The van der Waals surface area contributed by atoms with Gasteiger partial charge in [-0.3, -0.25) is 14.4 Å². The molecule has 0 saturated carbocycles. The number of aromatic amines is 1. The zero-order valence-electron chi connectivity index (χ0n) is 20.9. The molecule has 4 atom stereocenters. The van der Waals surface area contributed by atoms with E-state index in [9.17, 15) is 29.4 Å². The summed E-state index contributed by atoms with van der Waals surface area (Å²) in [5.74, 6) is -2.02. The van der Waals surface area contributed by atoms with Gasteiger partial charge in [0.2, 0.25) is 17.7 Å². The Morgan fingerprint density at radius 1 is 0.919 bits per heavy atom. The van der Waals surface area contributed by atoms with Gasteiger partial charge in [-0.25, -0.2) is 4.79 Å². The van der Waals surface area contributed by atoms with Gasteiger partial charge in [-0.1, -0.05) is 18.2 Å². The maximum atomic E-state index is 13.4. The van der Waals surface area contributed by atoms with Crippen LogP contribution in [0.25, 0.3) is 10.9 Å². The van der Waals surface area contributed by atoms with Crippen molar-refractivity contribution in [3.05, 3.63) is 36.0 Å². The molecular formula is C24H35N5O6S2. The molecule has 37 heavy (non-hydrogen) atoms. The Kier molecular flexibility index (Phi) is 12.8. The van der Waals surface area contributed by atoms with Gasteiger partial charge < -0.3 is 36.9 Å². The number of aliphatic carboxylic acids is 1. The summed E-state index contributed by atoms with van der Waals surface area (Å²) in [6.07, 6.45) is 6.03. The molecule has 3 amide bonds. The number of hydrogen-bond acceptors (Lipinski definition) is 8. The van der Waals surface area contributed by atoms with Gasteiger partial charge in [-0.2, -0.15) is 23.5 Å². The first-order valence-corrected chi connectivity index (χ1v) is 14.5. The van der Waals surface area contributed by atoms with Crippen LogP contribution in [0.2, 0.25) is 0 Å². The van der Waals surface area contributed by atoms with Crippen molar-refractivity contribution in [2.75, 3.05) is 30.6 Å². The third kappa shape index (κ3) is 9.26. The van der Waals surface area contributed by atoms with Crippen LogP contribution in [-0.4, -0.2) is 93.7 Å². The van der Waals surface area contributed by atoms with E-state index in [-0.39, 0.29) is 19.3 Å². The molecule has 0 radical (unpaired) electrons. The maximum Gasteiger partial charge on any atom is 0.326 e. The van der Waals surface area contributed by atoms with E-state index in [4.69, 9.17) is 5.73 Å². The number of aliphatic hydroxyl groups is 1. The predicted molar refractivity (Wildman–Crippen MR) is 146 cm³/mol. The number of amides is 3. The van der Waals surface area contributed by atoms with Crippen LogP contribution in [-0.2, 0) is 25.6 Å². The lowest BCUT2D eigenvalue weighted by molar-refractivity contribution is -0.142.